The van der Waals surface area contributed by atoms with Gasteiger partial charge in [0.2, 0.25) is 5.88 Å². The largest absolute Gasteiger partial charge is 0.473 e. The summed E-state index contributed by atoms with van der Waals surface area (Å²) >= 11 is 6.01. The van der Waals surface area contributed by atoms with E-state index in [-0.39, 0.29) is 33.6 Å². The van der Waals surface area contributed by atoms with Crippen LogP contribution in [-0.2, 0) is 16.6 Å². The summed E-state index contributed by atoms with van der Waals surface area (Å²) in [7, 11) is -4.32. The third-order valence-electron chi connectivity index (χ3n) is 6.57. The van der Waals surface area contributed by atoms with E-state index in [1.165, 1.54) is 30.3 Å². The van der Waals surface area contributed by atoms with Crippen molar-refractivity contribution in [3.05, 3.63) is 76.7 Å². The highest BCUT2D eigenvalue weighted by Gasteiger charge is 2.40. The highest BCUT2D eigenvalue weighted by atomic mass is 35.5. The number of pyridine rings is 2. The van der Waals surface area contributed by atoms with Gasteiger partial charge < -0.3 is 9.64 Å². The van der Waals surface area contributed by atoms with Gasteiger partial charge in [-0.05, 0) is 56.5 Å². The predicted octanol–water partition coefficient (Wildman–Crippen LogP) is 4.59. The number of carbonyl (C=O) groups is 1. The average Bonchev–Trinajstić information content (AvgIpc) is 3.10. The smallest absolute Gasteiger partial charge is 0.281 e. The summed E-state index contributed by atoms with van der Waals surface area (Å²) in [6, 6.07) is 11.2. The molecule has 2 aromatic heterocycles. The Kier molecular flexibility index (Phi) is 7.19. The number of sulfonamides is 1. The molecule has 8 nitrogen and oxygen atoms in total. The first-order chi connectivity index (χ1) is 17.0. The van der Waals surface area contributed by atoms with Gasteiger partial charge in [-0.1, -0.05) is 30.7 Å². The van der Waals surface area contributed by atoms with E-state index in [9.17, 15) is 17.6 Å². The maximum Gasteiger partial charge on any atom is 0.281 e. The number of ether oxygens (including phenoxy) is 1. The maximum atomic E-state index is 13.2. The van der Waals surface area contributed by atoms with E-state index < -0.39 is 21.7 Å². The molecular weight excluding hydrogens is 507 g/mol. The fraction of sp³-hybridized carbons (Fsp3) is 0.320. The summed E-state index contributed by atoms with van der Waals surface area (Å²) in [5, 5.41) is -0.215. The number of nitrogens with one attached hydrogen (secondary N) is 1. The van der Waals surface area contributed by atoms with E-state index in [2.05, 4.69) is 35.5 Å². The van der Waals surface area contributed by atoms with Crippen molar-refractivity contribution < 1.29 is 22.3 Å². The maximum absolute atomic E-state index is 13.2. The Morgan fingerprint density at radius 3 is 2.72 bits per heavy atom. The topological polar surface area (TPSA) is 101 Å². The van der Waals surface area contributed by atoms with E-state index in [0.29, 0.717) is 23.8 Å². The molecule has 3 heterocycles. The summed E-state index contributed by atoms with van der Waals surface area (Å²) in [6.45, 7) is 6.94. The van der Waals surface area contributed by atoms with Gasteiger partial charge in [0.1, 0.15) is 18.2 Å². The van der Waals surface area contributed by atoms with Gasteiger partial charge in [0.05, 0.1) is 10.6 Å². The Bertz CT molecular complexity index is 1400. The lowest BCUT2D eigenvalue weighted by atomic mass is 9.90. The summed E-state index contributed by atoms with van der Waals surface area (Å²) in [5.74, 6) is -0.484. The first kappa shape index (κ1) is 25.8. The van der Waals surface area contributed by atoms with Gasteiger partial charge in [-0.25, -0.2) is 14.1 Å². The van der Waals surface area contributed by atoms with Gasteiger partial charge in [0, 0.05) is 29.9 Å². The number of nitrogens with zero attached hydrogens (tertiary/aromatic N) is 3. The molecule has 1 fully saturated rings. The van der Waals surface area contributed by atoms with Crippen molar-refractivity contribution in [3.63, 3.8) is 0 Å². The highest BCUT2D eigenvalue weighted by molar-refractivity contribution is 7.90. The number of aromatic nitrogens is 2. The standard InChI is InChI=1S/C25H26ClFN4O4S/c1-16-11-13-31(25(16,2)3)23-19(6-5-12-28-23)24(32)30-36(33,34)22-8-4-7-21(29-22)35-15-17-9-10-18(27)14-20(17)26/h4-10,12,14,16H,11,13,15H2,1-3H3,(H,30,32). The van der Waals surface area contributed by atoms with Crippen LogP contribution in [0.25, 0.3) is 0 Å². The summed E-state index contributed by atoms with van der Waals surface area (Å²) in [6.07, 6.45) is 2.51. The fourth-order valence-electron chi connectivity index (χ4n) is 4.04. The molecule has 36 heavy (non-hydrogen) atoms. The number of carbonyl (C=O) groups excluding carboxylic acids is 1. The van der Waals surface area contributed by atoms with Gasteiger partial charge >= 0.3 is 0 Å². The van der Waals surface area contributed by atoms with E-state index >= 15 is 0 Å². The molecule has 1 unspecified atom stereocenters. The molecular formula is C25H26ClFN4O4S. The Morgan fingerprint density at radius 2 is 2.03 bits per heavy atom. The Hall–Kier alpha value is -3.24. The van der Waals surface area contributed by atoms with Crippen LogP contribution in [-0.4, -0.2) is 36.4 Å². The molecule has 4 rings (SSSR count). The quantitative estimate of drug-likeness (QED) is 0.475. The Labute approximate surface area is 214 Å². The first-order valence-electron chi connectivity index (χ1n) is 11.3. The summed E-state index contributed by atoms with van der Waals surface area (Å²) < 4.78 is 46.9. The molecule has 1 aliphatic heterocycles. The SMILES string of the molecule is CC1CCN(c2ncccc2C(=O)NS(=O)(=O)c2cccc(OCc3ccc(F)cc3Cl)n2)C1(C)C. The van der Waals surface area contributed by atoms with Gasteiger partial charge in [-0.2, -0.15) is 13.4 Å². The minimum atomic E-state index is -4.32. The number of hydrogen-bond donors (Lipinski definition) is 1. The molecule has 1 atom stereocenters. The molecule has 1 aliphatic rings. The van der Waals surface area contributed by atoms with Crippen molar-refractivity contribution in [1.82, 2.24) is 14.7 Å². The first-order valence-corrected chi connectivity index (χ1v) is 13.2. The average molecular weight is 533 g/mol. The van der Waals surface area contributed by atoms with Gasteiger partial charge in [0.25, 0.3) is 15.9 Å². The minimum absolute atomic E-state index is 0.000543. The second kappa shape index (κ2) is 10.0. The van der Waals surface area contributed by atoms with Crippen molar-refractivity contribution >= 4 is 33.3 Å². The molecule has 0 radical (unpaired) electrons. The second-order valence-corrected chi connectivity index (χ2v) is 11.2. The molecule has 11 heteroatoms. The zero-order chi connectivity index (χ0) is 26.1. The summed E-state index contributed by atoms with van der Waals surface area (Å²) in [5.41, 5.74) is 0.411. The fourth-order valence-corrected chi connectivity index (χ4v) is 5.19. The van der Waals surface area contributed by atoms with Crippen molar-refractivity contribution in [2.24, 2.45) is 5.92 Å². The van der Waals surface area contributed by atoms with Crippen LogP contribution in [0.1, 0.15) is 43.1 Å². The van der Waals surface area contributed by atoms with Crippen molar-refractivity contribution in [3.8, 4) is 5.88 Å². The van der Waals surface area contributed by atoms with Crippen LogP contribution in [0.15, 0.2) is 59.8 Å². The lowest BCUT2D eigenvalue weighted by Crippen LogP contribution is -2.43. The summed E-state index contributed by atoms with van der Waals surface area (Å²) in [4.78, 5) is 23.6. The normalized spacial score (nSPS) is 17.1. The zero-order valence-corrected chi connectivity index (χ0v) is 21.6. The molecule has 1 N–H and O–H groups in total. The number of hydrogen-bond acceptors (Lipinski definition) is 7. The van der Waals surface area contributed by atoms with Crippen molar-refractivity contribution in [1.29, 1.82) is 0 Å². The molecule has 1 amide bonds. The molecule has 0 saturated carbocycles. The Balaban J connectivity index is 1.52. The number of rotatable bonds is 7. The molecule has 0 spiro atoms. The number of halogens is 2. The molecule has 1 saturated heterocycles. The molecule has 3 aromatic rings. The lowest BCUT2D eigenvalue weighted by Gasteiger charge is -2.36. The van der Waals surface area contributed by atoms with Crippen molar-refractivity contribution in [2.75, 3.05) is 11.4 Å². The van der Waals surface area contributed by atoms with Crippen LogP contribution in [0.2, 0.25) is 5.02 Å². The molecule has 0 aliphatic carbocycles. The van der Waals surface area contributed by atoms with Crippen LogP contribution in [0.4, 0.5) is 10.2 Å². The van der Waals surface area contributed by atoms with E-state index in [0.717, 1.165) is 12.5 Å². The van der Waals surface area contributed by atoms with Gasteiger partial charge in [-0.3, -0.25) is 4.79 Å². The van der Waals surface area contributed by atoms with Crippen LogP contribution in [0, 0.1) is 11.7 Å². The van der Waals surface area contributed by atoms with E-state index in [1.54, 1.807) is 18.3 Å². The van der Waals surface area contributed by atoms with E-state index in [4.69, 9.17) is 16.3 Å². The van der Waals surface area contributed by atoms with Crippen LogP contribution in [0.3, 0.4) is 0 Å². The van der Waals surface area contributed by atoms with Crippen LogP contribution >= 0.6 is 11.6 Å². The highest BCUT2D eigenvalue weighted by Crippen LogP contribution is 2.38. The zero-order valence-electron chi connectivity index (χ0n) is 20.0. The lowest BCUT2D eigenvalue weighted by molar-refractivity contribution is 0.0981. The Morgan fingerprint density at radius 1 is 1.25 bits per heavy atom. The third kappa shape index (κ3) is 5.29. The molecule has 0 bridgehead atoms. The monoisotopic (exact) mass is 532 g/mol. The van der Waals surface area contributed by atoms with Crippen LogP contribution in [0.5, 0.6) is 5.88 Å². The van der Waals surface area contributed by atoms with E-state index in [1.807, 2.05) is 4.90 Å². The predicted molar refractivity (Wildman–Crippen MR) is 134 cm³/mol. The molecule has 190 valence electrons. The molecule has 1 aromatic carbocycles. The van der Waals surface area contributed by atoms with Gasteiger partial charge in [0.15, 0.2) is 5.03 Å². The number of anilines is 1. The van der Waals surface area contributed by atoms with Crippen molar-refractivity contribution in [2.45, 2.75) is 44.4 Å². The van der Waals surface area contributed by atoms with Crippen LogP contribution < -0.4 is 14.4 Å². The second-order valence-electron chi connectivity index (χ2n) is 9.14. The van der Waals surface area contributed by atoms with Gasteiger partial charge in [-0.15, -0.1) is 0 Å². The number of amides is 1. The minimum Gasteiger partial charge on any atom is -0.473 e. The third-order valence-corrected chi connectivity index (χ3v) is 8.15. The number of benzene rings is 1.